The zero-order valence-electron chi connectivity index (χ0n) is 10.3. The number of benzene rings is 1. The maximum Gasteiger partial charge on any atom is 0.335 e. The van der Waals surface area contributed by atoms with E-state index in [1.165, 1.54) is 12.3 Å². The molecule has 0 bridgehead atoms. The predicted octanol–water partition coefficient (Wildman–Crippen LogP) is 1.21. The molecule has 0 saturated heterocycles. The number of aromatic nitrogens is 2. The van der Waals surface area contributed by atoms with E-state index in [9.17, 15) is 13.2 Å². The Balaban J connectivity index is 2.38. The van der Waals surface area contributed by atoms with Crippen LogP contribution in [0.1, 0.15) is 10.4 Å². The van der Waals surface area contributed by atoms with Crippen LogP contribution >= 0.6 is 11.6 Å². The largest absolute Gasteiger partial charge is 0.478 e. The summed E-state index contributed by atoms with van der Waals surface area (Å²) in [5.74, 6) is -1.24. The van der Waals surface area contributed by atoms with Crippen LogP contribution < -0.4 is 10.5 Å². The summed E-state index contributed by atoms with van der Waals surface area (Å²) in [4.78, 5) is 17.8. The van der Waals surface area contributed by atoms with E-state index in [2.05, 4.69) is 14.7 Å². The molecule has 0 saturated carbocycles. The van der Waals surface area contributed by atoms with Crippen molar-refractivity contribution < 1.29 is 18.3 Å². The van der Waals surface area contributed by atoms with E-state index in [4.69, 9.17) is 22.4 Å². The Morgan fingerprint density at radius 1 is 1.33 bits per heavy atom. The Bertz CT molecular complexity index is 810. The highest BCUT2D eigenvalue weighted by Crippen LogP contribution is 2.22. The smallest absolute Gasteiger partial charge is 0.335 e. The number of hydrogen-bond acceptors (Lipinski definition) is 6. The fourth-order valence-electron chi connectivity index (χ4n) is 1.51. The summed E-state index contributed by atoms with van der Waals surface area (Å²) in [7, 11) is -4.02. The maximum atomic E-state index is 12.2. The highest BCUT2D eigenvalue weighted by atomic mass is 35.5. The predicted molar refractivity (Wildman–Crippen MR) is 75.7 cm³/mol. The first kappa shape index (κ1) is 15.0. The van der Waals surface area contributed by atoms with Crippen LogP contribution in [-0.4, -0.2) is 29.5 Å². The van der Waals surface area contributed by atoms with Crippen molar-refractivity contribution in [2.24, 2.45) is 0 Å². The third-order valence-electron chi connectivity index (χ3n) is 2.41. The highest BCUT2D eigenvalue weighted by molar-refractivity contribution is 7.92. The molecule has 0 unspecified atom stereocenters. The van der Waals surface area contributed by atoms with Crippen LogP contribution in [0.5, 0.6) is 0 Å². The lowest BCUT2D eigenvalue weighted by Crippen LogP contribution is -2.16. The molecule has 2 rings (SSSR count). The van der Waals surface area contributed by atoms with Gasteiger partial charge in [-0.2, -0.15) is 4.98 Å². The Morgan fingerprint density at radius 2 is 2.05 bits per heavy atom. The zero-order chi connectivity index (χ0) is 15.6. The van der Waals surface area contributed by atoms with Gasteiger partial charge in [0.25, 0.3) is 10.0 Å². The van der Waals surface area contributed by atoms with E-state index in [0.717, 1.165) is 18.2 Å². The lowest BCUT2D eigenvalue weighted by Gasteiger charge is -2.10. The van der Waals surface area contributed by atoms with Gasteiger partial charge in [-0.15, -0.1) is 0 Å². The summed E-state index contributed by atoms with van der Waals surface area (Å²) in [6.07, 6.45) is 1.28. The van der Waals surface area contributed by atoms with Crippen LogP contribution in [-0.2, 0) is 10.0 Å². The zero-order valence-corrected chi connectivity index (χ0v) is 11.9. The van der Waals surface area contributed by atoms with Gasteiger partial charge in [0.1, 0.15) is 10.7 Å². The van der Waals surface area contributed by atoms with Gasteiger partial charge in [-0.3, -0.25) is 4.72 Å². The number of carboxylic acid groups (broad SMARTS) is 1. The molecular weight excluding hydrogens is 320 g/mol. The first-order valence-electron chi connectivity index (χ1n) is 5.44. The third kappa shape index (κ3) is 3.38. The molecule has 1 aromatic heterocycles. The molecule has 0 aliphatic rings. The van der Waals surface area contributed by atoms with E-state index in [1.54, 1.807) is 0 Å². The number of anilines is 2. The van der Waals surface area contributed by atoms with Crippen LogP contribution in [0.2, 0.25) is 5.28 Å². The maximum absolute atomic E-state index is 12.2. The van der Waals surface area contributed by atoms with Gasteiger partial charge in [0.15, 0.2) is 0 Å². The molecule has 0 aliphatic carbocycles. The summed E-state index contributed by atoms with van der Waals surface area (Å²) < 4.78 is 26.5. The van der Waals surface area contributed by atoms with E-state index >= 15 is 0 Å². The van der Waals surface area contributed by atoms with Crippen molar-refractivity contribution in [2.75, 3.05) is 10.5 Å². The average Bonchev–Trinajstić information content (AvgIpc) is 2.37. The fourth-order valence-corrected chi connectivity index (χ4v) is 2.77. The molecule has 0 fully saturated rings. The fraction of sp³-hybridized carbons (Fsp3) is 0. The van der Waals surface area contributed by atoms with Crippen molar-refractivity contribution in [3.63, 3.8) is 0 Å². The van der Waals surface area contributed by atoms with Crippen LogP contribution in [0.25, 0.3) is 0 Å². The van der Waals surface area contributed by atoms with Gasteiger partial charge >= 0.3 is 5.97 Å². The summed E-state index contributed by atoms with van der Waals surface area (Å²) in [5, 5.41) is 8.70. The highest BCUT2D eigenvalue weighted by Gasteiger charge is 2.19. The summed E-state index contributed by atoms with van der Waals surface area (Å²) >= 11 is 5.56. The lowest BCUT2D eigenvalue weighted by molar-refractivity contribution is 0.0697. The Morgan fingerprint density at radius 3 is 2.62 bits per heavy atom. The average molecular weight is 329 g/mol. The molecule has 8 nitrogen and oxygen atoms in total. The molecular formula is C11H9ClN4O4S. The SMILES string of the molecule is Nc1cc(C(=O)O)ccc1S(=O)(=O)Nc1ccnc(Cl)n1. The van der Waals surface area contributed by atoms with Crippen LogP contribution in [0.15, 0.2) is 35.4 Å². The van der Waals surface area contributed by atoms with Gasteiger partial charge in [0, 0.05) is 6.20 Å². The standard InChI is InChI=1S/C11H9ClN4O4S/c12-11-14-4-3-9(15-11)16-21(19,20)8-2-1-6(10(17)18)5-7(8)13/h1-5H,13H2,(H,17,18)(H,14,15,16). The quantitative estimate of drug-likeness (QED) is 0.567. The van der Waals surface area contributed by atoms with Gasteiger partial charge in [-0.1, -0.05) is 0 Å². The molecule has 2 aromatic rings. The van der Waals surface area contributed by atoms with Gasteiger partial charge in [0.05, 0.1) is 11.3 Å². The molecule has 10 heteroatoms. The Hall–Kier alpha value is -2.39. The monoisotopic (exact) mass is 328 g/mol. The van der Waals surface area contributed by atoms with Gasteiger partial charge in [0.2, 0.25) is 5.28 Å². The molecule has 0 aliphatic heterocycles. The Kier molecular flexibility index (Phi) is 3.96. The minimum atomic E-state index is -4.02. The number of rotatable bonds is 4. The topological polar surface area (TPSA) is 135 Å². The van der Waals surface area contributed by atoms with Crippen molar-refractivity contribution in [1.29, 1.82) is 0 Å². The van der Waals surface area contributed by atoms with Gasteiger partial charge in [-0.05, 0) is 35.9 Å². The number of nitrogen functional groups attached to an aromatic ring is 1. The number of nitrogens with two attached hydrogens (primary N) is 1. The second kappa shape index (κ2) is 5.54. The van der Waals surface area contributed by atoms with Gasteiger partial charge < -0.3 is 10.8 Å². The number of hydrogen-bond donors (Lipinski definition) is 3. The summed E-state index contributed by atoms with van der Waals surface area (Å²) in [6, 6.07) is 4.61. The van der Waals surface area contributed by atoms with Crippen molar-refractivity contribution in [2.45, 2.75) is 4.90 Å². The molecule has 110 valence electrons. The van der Waals surface area contributed by atoms with Crippen molar-refractivity contribution in [3.8, 4) is 0 Å². The normalized spacial score (nSPS) is 11.1. The molecule has 1 aromatic carbocycles. The second-order valence-electron chi connectivity index (χ2n) is 3.87. The molecule has 0 amide bonds. The van der Waals surface area contributed by atoms with Crippen molar-refractivity contribution in [3.05, 3.63) is 41.3 Å². The molecule has 4 N–H and O–H groups in total. The molecule has 1 heterocycles. The number of nitrogens with one attached hydrogen (secondary N) is 1. The Labute approximate surface area is 124 Å². The third-order valence-corrected chi connectivity index (χ3v) is 4.02. The lowest BCUT2D eigenvalue weighted by atomic mass is 10.2. The first-order chi connectivity index (χ1) is 9.79. The van der Waals surface area contributed by atoms with Crippen LogP contribution in [0, 0.1) is 0 Å². The van der Waals surface area contributed by atoms with Crippen molar-refractivity contribution in [1.82, 2.24) is 9.97 Å². The van der Waals surface area contributed by atoms with E-state index < -0.39 is 16.0 Å². The number of sulfonamides is 1. The minimum absolute atomic E-state index is 0.0308. The second-order valence-corrected chi connectivity index (χ2v) is 5.86. The van der Waals surface area contributed by atoms with E-state index in [0.29, 0.717) is 0 Å². The number of carboxylic acids is 1. The number of nitrogens with zero attached hydrogens (tertiary/aromatic N) is 2. The summed E-state index contributed by atoms with van der Waals surface area (Å²) in [6.45, 7) is 0. The summed E-state index contributed by atoms with van der Waals surface area (Å²) in [5.41, 5.74) is 5.28. The van der Waals surface area contributed by atoms with Crippen LogP contribution in [0.4, 0.5) is 11.5 Å². The molecule has 0 radical (unpaired) electrons. The van der Waals surface area contributed by atoms with E-state index in [1.807, 2.05) is 0 Å². The van der Waals surface area contributed by atoms with Crippen molar-refractivity contribution >= 4 is 39.1 Å². The van der Waals surface area contributed by atoms with Gasteiger partial charge in [-0.25, -0.2) is 18.2 Å². The van der Waals surface area contributed by atoms with Crippen LogP contribution in [0.3, 0.4) is 0 Å². The number of aromatic carboxylic acids is 1. The number of carbonyl (C=O) groups is 1. The molecule has 0 spiro atoms. The minimum Gasteiger partial charge on any atom is -0.478 e. The molecule has 0 atom stereocenters. The number of halogens is 1. The van der Waals surface area contributed by atoms with E-state index in [-0.39, 0.29) is 27.2 Å². The first-order valence-corrected chi connectivity index (χ1v) is 7.30. The molecule has 21 heavy (non-hydrogen) atoms.